The Bertz CT molecular complexity index is 1900. The molecule has 256 valence electrons. The van der Waals surface area contributed by atoms with Crippen LogP contribution in [0.25, 0.3) is 22.5 Å². The van der Waals surface area contributed by atoms with Crippen molar-refractivity contribution in [2.75, 3.05) is 32.1 Å². The van der Waals surface area contributed by atoms with Gasteiger partial charge < -0.3 is 25.8 Å². The maximum Gasteiger partial charge on any atom is 0.310 e. The highest BCUT2D eigenvalue weighted by atomic mass is 35.5. The van der Waals surface area contributed by atoms with Gasteiger partial charge >= 0.3 is 5.97 Å². The van der Waals surface area contributed by atoms with E-state index in [0.717, 1.165) is 12.0 Å². The number of amides is 1. The molecule has 2 fully saturated rings. The summed E-state index contributed by atoms with van der Waals surface area (Å²) in [6, 6.07) is 12.5. The van der Waals surface area contributed by atoms with Crippen LogP contribution in [0.15, 0.2) is 54.9 Å². The number of nitrogens with zero attached hydrogens (tertiary/aromatic N) is 4. The lowest BCUT2D eigenvalue weighted by molar-refractivity contribution is -0.147. The van der Waals surface area contributed by atoms with E-state index in [2.05, 4.69) is 25.9 Å². The molecule has 11 nitrogen and oxygen atoms in total. The lowest BCUT2D eigenvalue weighted by Gasteiger charge is -2.20. The number of ether oxygens (including phenoxy) is 1. The minimum Gasteiger partial charge on any atom is -0.481 e. The number of benzene rings is 1. The van der Waals surface area contributed by atoms with Gasteiger partial charge in [0.25, 0.3) is 0 Å². The molecule has 6 rings (SSSR count). The van der Waals surface area contributed by atoms with Crippen LogP contribution in [-0.4, -0.2) is 69.6 Å². The van der Waals surface area contributed by atoms with Gasteiger partial charge in [0.1, 0.15) is 0 Å². The molecule has 0 spiro atoms. The number of anilines is 2. The quantitative estimate of drug-likeness (QED) is 0.137. The smallest absolute Gasteiger partial charge is 0.310 e. The second-order valence-electron chi connectivity index (χ2n) is 12.6. The van der Waals surface area contributed by atoms with E-state index in [4.69, 9.17) is 32.9 Å². The van der Waals surface area contributed by atoms with Crippen LogP contribution in [-0.2, 0) is 22.7 Å². The number of nitrogens with one attached hydrogen (secondary N) is 3. The Balaban J connectivity index is 1.20. The topological polar surface area (TPSA) is 142 Å². The fourth-order valence-corrected chi connectivity index (χ4v) is 6.78. The number of pyridine rings is 3. The summed E-state index contributed by atoms with van der Waals surface area (Å²) < 4.78 is 21.3. The molecule has 2 atom stereocenters. The number of halogens is 3. The van der Waals surface area contributed by atoms with E-state index >= 15 is 4.39 Å². The van der Waals surface area contributed by atoms with Gasteiger partial charge in [0.2, 0.25) is 11.8 Å². The summed E-state index contributed by atoms with van der Waals surface area (Å²) >= 11 is 13.8. The normalized spacial score (nSPS) is 19.2. The standard InChI is InChI=1S/C35H36Cl2FN7O4/c1-35(34(47)48)12-15-45(19-35)18-21-10-13-41-32(30(21)38)43-26-5-3-4-24(28(26)36)31-29(37)23(11-14-40-31)25-8-6-20(33(44-25)49-2)16-39-17-22-7-9-27(46)42-22/h3-6,8,10-11,13-14,22,39H,7,9,12,15-19H2,1-2H3,(H,41,43)(H,42,46)(H,47,48). The first kappa shape index (κ1) is 34.5. The summed E-state index contributed by atoms with van der Waals surface area (Å²) in [6.45, 7) is 4.00. The number of hydrogen-bond donors (Lipinski definition) is 4. The van der Waals surface area contributed by atoms with Gasteiger partial charge in [0.05, 0.1) is 39.6 Å². The zero-order chi connectivity index (χ0) is 34.7. The lowest BCUT2D eigenvalue weighted by Crippen LogP contribution is -2.35. The minimum atomic E-state index is -0.856. The average Bonchev–Trinajstić information content (AvgIpc) is 3.69. The highest BCUT2D eigenvalue weighted by Gasteiger charge is 2.40. The fourth-order valence-electron chi connectivity index (χ4n) is 6.21. The molecule has 1 aromatic carbocycles. The van der Waals surface area contributed by atoms with Gasteiger partial charge in [-0.15, -0.1) is 0 Å². The Morgan fingerprint density at radius 3 is 2.67 bits per heavy atom. The van der Waals surface area contributed by atoms with Crippen molar-refractivity contribution >= 4 is 46.6 Å². The molecule has 4 N–H and O–H groups in total. The first-order chi connectivity index (χ1) is 23.6. The van der Waals surface area contributed by atoms with Crippen molar-refractivity contribution in [2.24, 2.45) is 5.41 Å². The van der Waals surface area contributed by atoms with E-state index in [0.29, 0.717) is 83.7 Å². The number of hydrogen-bond acceptors (Lipinski definition) is 9. The third-order valence-electron chi connectivity index (χ3n) is 9.03. The Kier molecular flexibility index (Phi) is 10.3. The molecular weight excluding hydrogens is 672 g/mol. The Morgan fingerprint density at radius 1 is 1.12 bits per heavy atom. The highest BCUT2D eigenvalue weighted by Crippen LogP contribution is 2.41. The molecule has 1 amide bonds. The van der Waals surface area contributed by atoms with Crippen LogP contribution in [0.5, 0.6) is 5.88 Å². The molecule has 2 unspecified atom stereocenters. The van der Waals surface area contributed by atoms with E-state index in [1.54, 1.807) is 50.6 Å². The fraction of sp³-hybridized carbons (Fsp3) is 0.343. The summed E-state index contributed by atoms with van der Waals surface area (Å²) in [6.07, 6.45) is 4.97. The number of likely N-dealkylation sites (tertiary alicyclic amines) is 1. The summed E-state index contributed by atoms with van der Waals surface area (Å²) in [5.74, 6) is -0.894. The van der Waals surface area contributed by atoms with Crippen molar-refractivity contribution in [1.82, 2.24) is 30.5 Å². The maximum absolute atomic E-state index is 15.7. The molecule has 0 bridgehead atoms. The van der Waals surface area contributed by atoms with Gasteiger partial charge in [-0.05, 0) is 50.6 Å². The van der Waals surface area contributed by atoms with Gasteiger partial charge in [-0.25, -0.2) is 14.4 Å². The van der Waals surface area contributed by atoms with Gasteiger partial charge in [-0.3, -0.25) is 19.5 Å². The number of carbonyl (C=O) groups excluding carboxylic acids is 1. The van der Waals surface area contributed by atoms with Crippen LogP contribution < -0.4 is 20.7 Å². The van der Waals surface area contributed by atoms with Crippen molar-refractivity contribution in [3.05, 3.63) is 81.8 Å². The number of aromatic nitrogens is 3. The number of methoxy groups -OCH3 is 1. The third kappa shape index (κ3) is 7.47. The first-order valence-corrected chi connectivity index (χ1v) is 16.7. The average molecular weight is 709 g/mol. The Labute approximate surface area is 293 Å². The largest absolute Gasteiger partial charge is 0.481 e. The molecule has 0 aliphatic carbocycles. The minimum absolute atomic E-state index is 0.0107. The molecule has 0 saturated carbocycles. The molecule has 2 saturated heterocycles. The van der Waals surface area contributed by atoms with Gasteiger partial charge in [0.15, 0.2) is 11.6 Å². The second kappa shape index (κ2) is 14.6. The van der Waals surface area contributed by atoms with Crippen molar-refractivity contribution in [3.8, 4) is 28.4 Å². The molecule has 2 aliphatic heterocycles. The van der Waals surface area contributed by atoms with Crippen LogP contribution in [0.2, 0.25) is 10.0 Å². The molecule has 3 aromatic heterocycles. The number of aliphatic carboxylic acids is 1. The van der Waals surface area contributed by atoms with E-state index in [-0.39, 0.29) is 29.3 Å². The maximum atomic E-state index is 15.7. The van der Waals surface area contributed by atoms with Crippen LogP contribution in [0.4, 0.5) is 15.9 Å². The van der Waals surface area contributed by atoms with E-state index < -0.39 is 17.2 Å². The van der Waals surface area contributed by atoms with Crippen molar-refractivity contribution in [1.29, 1.82) is 0 Å². The molecule has 5 heterocycles. The van der Waals surface area contributed by atoms with Crippen molar-refractivity contribution in [3.63, 3.8) is 0 Å². The zero-order valence-electron chi connectivity index (χ0n) is 27.0. The third-order valence-corrected chi connectivity index (χ3v) is 9.82. The number of carboxylic acid groups (broad SMARTS) is 1. The van der Waals surface area contributed by atoms with E-state index in [1.165, 1.54) is 6.20 Å². The predicted octanol–water partition coefficient (Wildman–Crippen LogP) is 6.07. The van der Waals surface area contributed by atoms with Gasteiger partial charge in [-0.2, -0.15) is 0 Å². The predicted molar refractivity (Wildman–Crippen MR) is 185 cm³/mol. The summed E-state index contributed by atoms with van der Waals surface area (Å²) in [4.78, 5) is 38.5. The number of carbonyl (C=O) groups is 2. The van der Waals surface area contributed by atoms with Crippen LogP contribution >= 0.6 is 23.2 Å². The zero-order valence-corrected chi connectivity index (χ0v) is 28.5. The summed E-state index contributed by atoms with van der Waals surface area (Å²) in [7, 11) is 1.55. The van der Waals surface area contributed by atoms with E-state index in [9.17, 15) is 14.7 Å². The lowest BCUT2D eigenvalue weighted by atomic mass is 9.90. The molecule has 4 aromatic rings. The molecular formula is C35H36Cl2FN7O4. The van der Waals surface area contributed by atoms with E-state index in [1.807, 2.05) is 17.0 Å². The van der Waals surface area contributed by atoms with Gasteiger partial charge in [0, 0.05) is 73.3 Å². The monoisotopic (exact) mass is 707 g/mol. The Morgan fingerprint density at radius 2 is 1.94 bits per heavy atom. The summed E-state index contributed by atoms with van der Waals surface area (Å²) in [5, 5.41) is 19.5. The Hall–Kier alpha value is -4.36. The van der Waals surface area contributed by atoms with Crippen molar-refractivity contribution < 1.29 is 23.8 Å². The van der Waals surface area contributed by atoms with Crippen LogP contribution in [0.3, 0.4) is 0 Å². The van der Waals surface area contributed by atoms with Crippen molar-refractivity contribution in [2.45, 2.75) is 45.3 Å². The second-order valence-corrected chi connectivity index (χ2v) is 13.3. The SMILES string of the molecule is COc1nc(-c2ccnc(-c3cccc(Nc4nccc(CN5CCC(C)(C(=O)O)C5)c4F)c3Cl)c2Cl)ccc1CNCC1CCC(=O)N1. The number of rotatable bonds is 12. The first-order valence-electron chi connectivity index (χ1n) is 15.9. The molecule has 0 radical (unpaired) electrons. The highest BCUT2D eigenvalue weighted by molar-refractivity contribution is 6.39. The molecule has 2 aliphatic rings. The molecule has 49 heavy (non-hydrogen) atoms. The van der Waals surface area contributed by atoms with Gasteiger partial charge in [-0.1, -0.05) is 41.4 Å². The molecule has 14 heteroatoms. The van der Waals surface area contributed by atoms with Crippen LogP contribution in [0, 0.1) is 11.2 Å². The number of carboxylic acids is 1. The van der Waals surface area contributed by atoms with Crippen LogP contribution in [0.1, 0.15) is 37.3 Å². The summed E-state index contributed by atoms with van der Waals surface area (Å²) in [5.41, 5.74) is 2.92.